The molecule has 0 aliphatic carbocycles. The van der Waals surface area contributed by atoms with Gasteiger partial charge in [0.25, 0.3) is 5.69 Å². The summed E-state index contributed by atoms with van der Waals surface area (Å²) in [6.07, 6.45) is 2.88. The van der Waals surface area contributed by atoms with Crippen LogP contribution >= 0.6 is 0 Å². The van der Waals surface area contributed by atoms with Crippen LogP contribution in [0.15, 0.2) is 18.2 Å². The number of hydrogen-bond acceptors (Lipinski definition) is 5. The molecule has 0 aromatic heterocycles. The quantitative estimate of drug-likeness (QED) is 0.652. The lowest BCUT2D eigenvalue weighted by molar-refractivity contribution is -0.385. The van der Waals surface area contributed by atoms with Gasteiger partial charge in [-0.3, -0.25) is 15.0 Å². The highest BCUT2D eigenvalue weighted by Crippen LogP contribution is 2.21. The fraction of sp³-hybridized carbons (Fsp3) is 0.571. The van der Waals surface area contributed by atoms with Crippen molar-refractivity contribution in [2.24, 2.45) is 0 Å². The number of aryl methyl sites for hydroxylation is 1. The standard InChI is InChI=1S/C14H21N3O4S/c1-11-5-6-12(8-14(11)17(18)19)9-16-7-3-4-13(10-16)15-22(2,20)21/h5-6,8,13,15H,3-4,7,9-10H2,1-2H3/t13-/m1/s1. The Bertz CT molecular complexity index is 660. The van der Waals surface area contributed by atoms with Crippen LogP contribution in [0.25, 0.3) is 0 Å². The van der Waals surface area contributed by atoms with Crippen molar-refractivity contribution >= 4 is 15.7 Å². The predicted molar refractivity (Wildman–Crippen MR) is 84.1 cm³/mol. The largest absolute Gasteiger partial charge is 0.297 e. The van der Waals surface area contributed by atoms with Gasteiger partial charge < -0.3 is 0 Å². The third-order valence-corrected chi connectivity index (χ3v) is 4.52. The molecule has 8 heteroatoms. The van der Waals surface area contributed by atoms with Gasteiger partial charge in [0.15, 0.2) is 0 Å². The molecule has 22 heavy (non-hydrogen) atoms. The Morgan fingerprint density at radius 3 is 2.82 bits per heavy atom. The Kier molecular flexibility index (Phi) is 5.15. The molecule has 1 aromatic rings. The minimum atomic E-state index is -3.21. The van der Waals surface area contributed by atoms with Crippen molar-refractivity contribution in [3.05, 3.63) is 39.4 Å². The van der Waals surface area contributed by atoms with E-state index >= 15 is 0 Å². The second kappa shape index (κ2) is 6.72. The van der Waals surface area contributed by atoms with Crippen molar-refractivity contribution in [2.75, 3.05) is 19.3 Å². The molecule has 1 aromatic carbocycles. The number of benzene rings is 1. The summed E-state index contributed by atoms with van der Waals surface area (Å²) in [5, 5.41) is 11.0. The molecule has 7 nitrogen and oxygen atoms in total. The summed E-state index contributed by atoms with van der Waals surface area (Å²) < 4.78 is 25.3. The van der Waals surface area contributed by atoms with Crippen molar-refractivity contribution < 1.29 is 13.3 Å². The van der Waals surface area contributed by atoms with Gasteiger partial charge in [0.1, 0.15) is 0 Å². The Labute approximate surface area is 130 Å². The molecule has 2 rings (SSSR count). The first kappa shape index (κ1) is 16.9. The number of likely N-dealkylation sites (tertiary alicyclic amines) is 1. The first-order valence-electron chi connectivity index (χ1n) is 7.18. The molecule has 1 atom stereocenters. The van der Waals surface area contributed by atoms with Crippen molar-refractivity contribution in [2.45, 2.75) is 32.4 Å². The summed E-state index contributed by atoms with van der Waals surface area (Å²) in [4.78, 5) is 12.7. The molecule has 0 amide bonds. The van der Waals surface area contributed by atoms with Gasteiger partial charge in [0.05, 0.1) is 11.2 Å². The molecule has 1 aliphatic rings. The normalized spacial score (nSPS) is 20.0. The summed E-state index contributed by atoms with van der Waals surface area (Å²) in [5.74, 6) is 0. The van der Waals surface area contributed by atoms with Gasteiger partial charge in [-0.05, 0) is 31.9 Å². The highest BCUT2D eigenvalue weighted by atomic mass is 32.2. The van der Waals surface area contributed by atoms with E-state index in [-0.39, 0.29) is 16.7 Å². The van der Waals surface area contributed by atoms with Crippen molar-refractivity contribution in [1.82, 2.24) is 9.62 Å². The summed E-state index contributed by atoms with van der Waals surface area (Å²) in [7, 11) is -3.21. The maximum Gasteiger partial charge on any atom is 0.272 e. The zero-order valence-electron chi connectivity index (χ0n) is 12.8. The van der Waals surface area contributed by atoms with Gasteiger partial charge in [-0.15, -0.1) is 0 Å². The second-order valence-corrected chi connectivity index (χ2v) is 7.62. The number of nitro benzene ring substituents is 1. The first-order valence-corrected chi connectivity index (χ1v) is 9.07. The molecule has 0 unspecified atom stereocenters. The lowest BCUT2D eigenvalue weighted by atomic mass is 10.0. The van der Waals surface area contributed by atoms with Gasteiger partial charge in [-0.1, -0.05) is 12.1 Å². The molecule has 1 fully saturated rings. The molecule has 0 bridgehead atoms. The average Bonchev–Trinajstić information content (AvgIpc) is 2.39. The summed E-state index contributed by atoms with van der Waals surface area (Å²) >= 11 is 0. The number of nitrogens with one attached hydrogen (secondary N) is 1. The zero-order valence-corrected chi connectivity index (χ0v) is 13.6. The lowest BCUT2D eigenvalue weighted by Crippen LogP contribution is -2.46. The molecule has 1 heterocycles. The van der Waals surface area contributed by atoms with E-state index in [2.05, 4.69) is 9.62 Å². The van der Waals surface area contributed by atoms with E-state index < -0.39 is 10.0 Å². The van der Waals surface area contributed by atoms with Crippen molar-refractivity contribution in [1.29, 1.82) is 0 Å². The molecule has 0 saturated carbocycles. The van der Waals surface area contributed by atoms with Gasteiger partial charge in [-0.2, -0.15) is 0 Å². The number of hydrogen-bond donors (Lipinski definition) is 1. The van der Waals surface area contributed by atoms with Gasteiger partial charge in [0.2, 0.25) is 10.0 Å². The van der Waals surface area contributed by atoms with E-state index in [4.69, 9.17) is 0 Å². The lowest BCUT2D eigenvalue weighted by Gasteiger charge is -2.32. The Hall–Kier alpha value is -1.51. The Morgan fingerprint density at radius 2 is 2.18 bits per heavy atom. The van der Waals surface area contributed by atoms with E-state index in [0.717, 1.165) is 31.2 Å². The molecular weight excluding hydrogens is 306 g/mol. The van der Waals surface area contributed by atoms with Crippen LogP contribution in [0.4, 0.5) is 5.69 Å². The number of nitro groups is 1. The van der Waals surface area contributed by atoms with E-state index in [0.29, 0.717) is 18.7 Å². The predicted octanol–water partition coefficient (Wildman–Crippen LogP) is 1.42. The number of nitrogens with zero attached hydrogens (tertiary/aromatic N) is 2. The monoisotopic (exact) mass is 327 g/mol. The maximum absolute atomic E-state index is 11.3. The van der Waals surface area contributed by atoms with Crippen LogP contribution in [-0.4, -0.2) is 43.6 Å². The van der Waals surface area contributed by atoms with Crippen LogP contribution in [0.5, 0.6) is 0 Å². The smallest absolute Gasteiger partial charge is 0.272 e. The minimum Gasteiger partial charge on any atom is -0.297 e. The third-order valence-electron chi connectivity index (χ3n) is 3.76. The molecule has 0 spiro atoms. The van der Waals surface area contributed by atoms with Crippen LogP contribution in [0.2, 0.25) is 0 Å². The number of rotatable bonds is 5. The highest BCUT2D eigenvalue weighted by Gasteiger charge is 2.23. The summed E-state index contributed by atoms with van der Waals surface area (Å²) in [6.45, 7) is 3.79. The Balaban J connectivity index is 2.04. The highest BCUT2D eigenvalue weighted by molar-refractivity contribution is 7.88. The van der Waals surface area contributed by atoms with E-state index in [1.807, 2.05) is 6.07 Å². The fourth-order valence-corrected chi connectivity index (χ4v) is 3.60. The second-order valence-electron chi connectivity index (χ2n) is 5.84. The summed E-state index contributed by atoms with van der Waals surface area (Å²) in [6, 6.07) is 5.15. The number of sulfonamides is 1. The van der Waals surface area contributed by atoms with E-state index in [1.165, 1.54) is 0 Å². The molecule has 0 radical (unpaired) electrons. The van der Waals surface area contributed by atoms with Crippen molar-refractivity contribution in [3.63, 3.8) is 0 Å². The SMILES string of the molecule is Cc1ccc(CN2CCC[C@@H](NS(C)(=O)=O)C2)cc1[N+](=O)[O-]. The van der Waals surface area contributed by atoms with Gasteiger partial charge in [0, 0.05) is 30.8 Å². The maximum atomic E-state index is 11.3. The topological polar surface area (TPSA) is 92.6 Å². The van der Waals surface area contributed by atoms with Gasteiger partial charge in [-0.25, -0.2) is 13.1 Å². The minimum absolute atomic E-state index is 0.0933. The molecule has 1 saturated heterocycles. The van der Waals surface area contributed by atoms with Crippen LogP contribution < -0.4 is 4.72 Å². The van der Waals surface area contributed by atoms with Crippen LogP contribution in [0, 0.1) is 17.0 Å². The zero-order chi connectivity index (χ0) is 16.3. The molecule has 122 valence electrons. The van der Waals surface area contributed by atoms with Crippen molar-refractivity contribution in [3.8, 4) is 0 Å². The van der Waals surface area contributed by atoms with Crippen LogP contribution in [0.1, 0.15) is 24.0 Å². The number of piperidine rings is 1. The average molecular weight is 327 g/mol. The van der Waals surface area contributed by atoms with E-state index in [9.17, 15) is 18.5 Å². The molecule has 1 N–H and O–H groups in total. The van der Waals surface area contributed by atoms with E-state index in [1.54, 1.807) is 19.1 Å². The van der Waals surface area contributed by atoms with Crippen LogP contribution in [-0.2, 0) is 16.6 Å². The first-order chi connectivity index (χ1) is 10.2. The van der Waals surface area contributed by atoms with Gasteiger partial charge >= 0.3 is 0 Å². The summed E-state index contributed by atoms with van der Waals surface area (Å²) in [5.41, 5.74) is 1.64. The molecular formula is C14H21N3O4S. The Morgan fingerprint density at radius 1 is 1.45 bits per heavy atom. The third kappa shape index (κ3) is 4.75. The van der Waals surface area contributed by atoms with Crippen LogP contribution in [0.3, 0.4) is 0 Å². The molecule has 1 aliphatic heterocycles. The fourth-order valence-electron chi connectivity index (χ4n) is 2.81.